The Labute approximate surface area is 204 Å². The van der Waals surface area contributed by atoms with Crippen molar-refractivity contribution in [3.63, 3.8) is 0 Å². The van der Waals surface area contributed by atoms with Gasteiger partial charge in [0.15, 0.2) is 0 Å². The zero-order chi connectivity index (χ0) is 24.0. The minimum Gasteiger partial charge on any atom is -0.497 e. The maximum Gasteiger partial charge on any atom is 0.277 e. The van der Waals surface area contributed by atoms with Gasteiger partial charge in [-0.3, -0.25) is 9.69 Å². The van der Waals surface area contributed by atoms with Crippen molar-refractivity contribution >= 4 is 11.6 Å². The number of benzene rings is 2. The van der Waals surface area contributed by atoms with Crippen LogP contribution in [0.2, 0.25) is 0 Å². The molecule has 0 atom stereocenters. The summed E-state index contributed by atoms with van der Waals surface area (Å²) in [6.45, 7) is 2.86. The standard InChI is InChI=1S/C27H29N5O3/c1-35-22-10-8-21(9-11-22)32-25-23(24(29-32)18-28-34)12-17-31(26(25)33)20-6-4-19(5-7-20)27(13-14-27)30-15-2-3-16-30/h4-11H,2-3,12-18H2,1H3. The molecule has 3 heterocycles. The van der Waals surface area contributed by atoms with Crippen molar-refractivity contribution in [2.45, 2.75) is 44.2 Å². The van der Waals surface area contributed by atoms with Crippen LogP contribution >= 0.6 is 0 Å². The number of hydrogen-bond acceptors (Lipinski definition) is 6. The highest BCUT2D eigenvalue weighted by Crippen LogP contribution is 2.52. The quantitative estimate of drug-likeness (QED) is 0.476. The first-order valence-electron chi connectivity index (χ1n) is 12.4. The van der Waals surface area contributed by atoms with E-state index in [0.29, 0.717) is 24.4 Å². The Balaban J connectivity index is 1.32. The van der Waals surface area contributed by atoms with Crippen LogP contribution in [-0.2, 0) is 18.5 Å². The lowest BCUT2D eigenvalue weighted by Crippen LogP contribution is -2.39. The maximum absolute atomic E-state index is 13.8. The van der Waals surface area contributed by atoms with Crippen LogP contribution in [0.15, 0.2) is 53.7 Å². The van der Waals surface area contributed by atoms with Gasteiger partial charge < -0.3 is 9.64 Å². The molecular formula is C27H29N5O3. The third-order valence-electron chi connectivity index (χ3n) is 7.78. The van der Waals surface area contributed by atoms with Crippen molar-refractivity contribution < 1.29 is 9.53 Å². The first-order valence-corrected chi connectivity index (χ1v) is 12.4. The van der Waals surface area contributed by atoms with E-state index in [4.69, 9.17) is 4.74 Å². The van der Waals surface area contributed by atoms with E-state index in [9.17, 15) is 9.70 Å². The monoisotopic (exact) mass is 471 g/mol. The van der Waals surface area contributed by atoms with E-state index in [0.717, 1.165) is 22.7 Å². The number of methoxy groups -OCH3 is 1. The van der Waals surface area contributed by atoms with E-state index in [2.05, 4.69) is 39.4 Å². The molecule has 0 bridgehead atoms. The lowest BCUT2D eigenvalue weighted by atomic mass is 10.00. The summed E-state index contributed by atoms with van der Waals surface area (Å²) in [7, 11) is 1.61. The van der Waals surface area contributed by atoms with Gasteiger partial charge in [-0.1, -0.05) is 17.3 Å². The molecule has 8 heteroatoms. The molecule has 3 aliphatic rings. The predicted octanol–water partition coefficient (Wildman–Crippen LogP) is 4.44. The molecule has 0 spiro atoms. The van der Waals surface area contributed by atoms with Gasteiger partial charge in [0.25, 0.3) is 5.91 Å². The number of carbonyl (C=O) groups is 1. The number of hydrogen-bond donors (Lipinski definition) is 0. The number of anilines is 1. The van der Waals surface area contributed by atoms with Crippen LogP contribution in [0.4, 0.5) is 5.69 Å². The SMILES string of the molecule is COc1ccc(-n2nc(CN=O)c3c2C(=O)N(c2ccc(C4(N5CCCC5)CC4)cc2)CC3)cc1. The summed E-state index contributed by atoms with van der Waals surface area (Å²) in [5.41, 5.74) is 5.07. The Kier molecular flexibility index (Phi) is 5.40. The maximum atomic E-state index is 13.8. The lowest BCUT2D eigenvalue weighted by Gasteiger charge is -2.30. The van der Waals surface area contributed by atoms with E-state index in [-0.39, 0.29) is 18.0 Å². The van der Waals surface area contributed by atoms with Crippen LogP contribution in [0.5, 0.6) is 5.75 Å². The minimum absolute atomic E-state index is 0.0496. The largest absolute Gasteiger partial charge is 0.497 e. The fraction of sp³-hybridized carbons (Fsp3) is 0.407. The molecule has 8 nitrogen and oxygen atoms in total. The number of likely N-dealkylation sites (tertiary alicyclic amines) is 1. The van der Waals surface area contributed by atoms with Gasteiger partial charge in [0, 0.05) is 23.3 Å². The van der Waals surface area contributed by atoms with Crippen LogP contribution in [0.1, 0.15) is 53.0 Å². The highest BCUT2D eigenvalue weighted by molar-refractivity contribution is 6.07. The zero-order valence-corrected chi connectivity index (χ0v) is 19.9. The summed E-state index contributed by atoms with van der Waals surface area (Å²) >= 11 is 0. The van der Waals surface area contributed by atoms with E-state index in [1.807, 2.05) is 29.2 Å². The lowest BCUT2D eigenvalue weighted by molar-refractivity contribution is 0.0973. The van der Waals surface area contributed by atoms with Crippen molar-refractivity contribution in [2.75, 3.05) is 31.6 Å². The highest BCUT2D eigenvalue weighted by atomic mass is 16.5. The second-order valence-corrected chi connectivity index (χ2v) is 9.65. The third kappa shape index (κ3) is 3.63. The van der Waals surface area contributed by atoms with Crippen molar-refractivity contribution in [1.29, 1.82) is 0 Å². The van der Waals surface area contributed by atoms with Crippen molar-refractivity contribution in [2.24, 2.45) is 5.18 Å². The van der Waals surface area contributed by atoms with Gasteiger partial charge in [-0.25, -0.2) is 4.68 Å². The van der Waals surface area contributed by atoms with Gasteiger partial charge in [-0.2, -0.15) is 10.0 Å². The summed E-state index contributed by atoms with van der Waals surface area (Å²) in [5, 5.41) is 7.66. The average Bonchev–Trinajstić information content (AvgIpc) is 3.34. The minimum atomic E-state index is -0.111. The topological polar surface area (TPSA) is 80.0 Å². The molecule has 1 saturated carbocycles. The second kappa shape index (κ2) is 8.61. The molecule has 1 aliphatic carbocycles. The van der Waals surface area contributed by atoms with Gasteiger partial charge in [-0.15, -0.1) is 0 Å². The van der Waals surface area contributed by atoms with E-state index < -0.39 is 0 Å². The molecule has 3 aromatic rings. The summed E-state index contributed by atoms with van der Waals surface area (Å²) in [6, 6.07) is 15.9. The molecule has 180 valence electrons. The molecule has 6 rings (SSSR count). The van der Waals surface area contributed by atoms with Crippen LogP contribution < -0.4 is 9.64 Å². The number of carbonyl (C=O) groups excluding carboxylic acids is 1. The van der Waals surface area contributed by atoms with Crippen molar-refractivity contribution in [1.82, 2.24) is 14.7 Å². The molecular weight excluding hydrogens is 442 g/mol. The molecule has 0 unspecified atom stereocenters. The fourth-order valence-electron chi connectivity index (χ4n) is 5.78. The molecule has 2 aliphatic heterocycles. The first kappa shape index (κ1) is 22.0. The van der Waals surface area contributed by atoms with Crippen LogP contribution in [0.3, 0.4) is 0 Å². The Bertz CT molecular complexity index is 1260. The third-order valence-corrected chi connectivity index (χ3v) is 7.78. The molecule has 1 saturated heterocycles. The number of fused-ring (bicyclic) bond motifs is 1. The fourth-order valence-corrected chi connectivity index (χ4v) is 5.78. The zero-order valence-electron chi connectivity index (χ0n) is 19.9. The molecule has 1 aromatic heterocycles. The van der Waals surface area contributed by atoms with E-state index in [1.54, 1.807) is 11.8 Å². The Morgan fingerprint density at radius 2 is 1.66 bits per heavy atom. The average molecular weight is 472 g/mol. The number of rotatable bonds is 7. The van der Waals surface area contributed by atoms with Gasteiger partial charge >= 0.3 is 0 Å². The molecule has 1 amide bonds. The summed E-state index contributed by atoms with van der Waals surface area (Å²) in [6.07, 6.45) is 5.63. The smallest absolute Gasteiger partial charge is 0.277 e. The number of ether oxygens (including phenoxy) is 1. The normalized spacial score (nSPS) is 19.0. The van der Waals surface area contributed by atoms with Gasteiger partial charge in [0.05, 0.1) is 18.5 Å². The summed E-state index contributed by atoms with van der Waals surface area (Å²) in [4.78, 5) is 29.3. The van der Waals surface area contributed by atoms with E-state index in [1.165, 1.54) is 44.3 Å². The van der Waals surface area contributed by atoms with Crippen molar-refractivity contribution in [3.8, 4) is 11.4 Å². The predicted molar refractivity (Wildman–Crippen MR) is 133 cm³/mol. The van der Waals surface area contributed by atoms with E-state index >= 15 is 0 Å². The van der Waals surface area contributed by atoms with Crippen molar-refractivity contribution in [3.05, 3.63) is 76.0 Å². The molecule has 0 radical (unpaired) electrons. The molecule has 2 aromatic carbocycles. The highest BCUT2D eigenvalue weighted by Gasteiger charge is 2.49. The Morgan fingerprint density at radius 3 is 2.29 bits per heavy atom. The van der Waals surface area contributed by atoms with Crippen LogP contribution in [0.25, 0.3) is 5.69 Å². The number of aromatic nitrogens is 2. The summed E-state index contributed by atoms with van der Waals surface area (Å²) in [5.74, 6) is 0.611. The van der Waals surface area contributed by atoms with Gasteiger partial charge in [0.1, 0.15) is 18.0 Å². The van der Waals surface area contributed by atoms with Crippen LogP contribution in [-0.4, -0.2) is 47.3 Å². The van der Waals surface area contributed by atoms with Gasteiger partial charge in [0.2, 0.25) is 0 Å². The molecule has 35 heavy (non-hydrogen) atoms. The summed E-state index contributed by atoms with van der Waals surface area (Å²) < 4.78 is 6.91. The second-order valence-electron chi connectivity index (χ2n) is 9.65. The first-order chi connectivity index (χ1) is 17.1. The Morgan fingerprint density at radius 1 is 0.971 bits per heavy atom. The van der Waals surface area contributed by atoms with Crippen LogP contribution in [0, 0.1) is 4.91 Å². The van der Waals surface area contributed by atoms with Gasteiger partial charge in [-0.05, 0) is 87.2 Å². The molecule has 0 N–H and O–H groups in total. The molecule has 2 fully saturated rings. The number of amides is 1. The number of nitroso groups, excluding NO2 is 1. The Hall–Kier alpha value is -3.52. The number of nitrogens with zero attached hydrogens (tertiary/aromatic N) is 5.